The minimum Gasteiger partial charge on any atom is -0.487 e. The zero-order valence-electron chi connectivity index (χ0n) is 16.7. The van der Waals surface area contributed by atoms with E-state index in [0.29, 0.717) is 0 Å². The molecule has 0 fully saturated rings. The van der Waals surface area contributed by atoms with Crippen LogP contribution in [0.5, 0.6) is 5.75 Å². The predicted molar refractivity (Wildman–Crippen MR) is 111 cm³/mol. The summed E-state index contributed by atoms with van der Waals surface area (Å²) in [5.41, 5.74) is 0. The van der Waals surface area contributed by atoms with Crippen molar-refractivity contribution in [3.05, 3.63) is 36.9 Å². The van der Waals surface area contributed by atoms with E-state index in [2.05, 4.69) is 6.92 Å². The fourth-order valence-electron chi connectivity index (χ4n) is 3.25. The van der Waals surface area contributed by atoms with E-state index in [4.69, 9.17) is 4.74 Å². The molecule has 1 heteroatoms. The maximum Gasteiger partial charge on any atom is 0.135 e. The molecule has 0 spiro atoms. The van der Waals surface area contributed by atoms with Gasteiger partial charge in [0.2, 0.25) is 0 Å². The van der Waals surface area contributed by atoms with Crippen molar-refractivity contribution in [3.8, 4) is 5.75 Å². The van der Waals surface area contributed by atoms with Crippen molar-refractivity contribution < 1.29 is 4.74 Å². The van der Waals surface area contributed by atoms with Crippen LogP contribution in [-0.4, -0.2) is 0 Å². The highest BCUT2D eigenvalue weighted by molar-refractivity contribution is 5.21. The molecule has 0 unspecified atom stereocenters. The lowest BCUT2D eigenvalue weighted by molar-refractivity contribution is 0.383. The molecule has 0 aliphatic heterocycles. The fourth-order valence-corrected chi connectivity index (χ4v) is 3.25. The Bertz CT molecular complexity index is 360. The van der Waals surface area contributed by atoms with Gasteiger partial charge in [0.25, 0.3) is 0 Å². The second kappa shape index (κ2) is 17.8. The molecule has 1 rings (SSSR count). The second-order valence-electron chi connectivity index (χ2n) is 7.34. The van der Waals surface area contributed by atoms with Crippen molar-refractivity contribution >= 4 is 0 Å². The van der Waals surface area contributed by atoms with E-state index in [1.807, 2.05) is 36.9 Å². The Kier molecular flexibility index (Phi) is 15.7. The van der Waals surface area contributed by atoms with Crippen LogP contribution in [0.25, 0.3) is 0 Å². The molecule has 0 aromatic heterocycles. The topological polar surface area (TPSA) is 9.23 Å². The van der Waals surface area contributed by atoms with Gasteiger partial charge in [0.15, 0.2) is 0 Å². The van der Waals surface area contributed by atoms with Gasteiger partial charge in [0.1, 0.15) is 12.4 Å². The number of hydrogen-bond donors (Lipinski definition) is 0. The normalized spacial score (nSPS) is 10.9. The van der Waals surface area contributed by atoms with Crippen LogP contribution in [-0.2, 0) is 0 Å². The molecule has 143 valence electrons. The lowest BCUT2D eigenvalue weighted by atomic mass is 10.0. The Morgan fingerprint density at radius 2 is 1.04 bits per heavy atom. The van der Waals surface area contributed by atoms with Crippen LogP contribution in [0.2, 0.25) is 0 Å². The molecule has 0 heterocycles. The molecule has 1 aromatic rings. The minimum atomic E-state index is 0.948. The highest BCUT2D eigenvalue weighted by atomic mass is 16.5. The zero-order chi connectivity index (χ0) is 17.8. The third kappa shape index (κ3) is 15.0. The van der Waals surface area contributed by atoms with Gasteiger partial charge in [-0.25, -0.2) is 0 Å². The molecule has 0 saturated heterocycles. The summed E-state index contributed by atoms with van der Waals surface area (Å²) in [5, 5.41) is 0. The SMILES string of the molecule is CCCCCCCCCCCCCCCCC[CH]Oc1ccccc1. The molecule has 1 nitrogen and oxygen atoms in total. The van der Waals surface area contributed by atoms with E-state index in [9.17, 15) is 0 Å². The van der Waals surface area contributed by atoms with Crippen molar-refractivity contribution in [2.75, 3.05) is 0 Å². The van der Waals surface area contributed by atoms with Crippen molar-refractivity contribution in [1.82, 2.24) is 0 Å². The number of benzene rings is 1. The van der Waals surface area contributed by atoms with E-state index in [-0.39, 0.29) is 0 Å². The van der Waals surface area contributed by atoms with Gasteiger partial charge >= 0.3 is 0 Å². The summed E-state index contributed by atoms with van der Waals surface area (Å²) in [6.45, 7) is 4.25. The van der Waals surface area contributed by atoms with Crippen LogP contribution in [0.15, 0.2) is 30.3 Å². The zero-order valence-corrected chi connectivity index (χ0v) is 16.7. The first-order chi connectivity index (χ1) is 12.4. The summed E-state index contributed by atoms with van der Waals surface area (Å²) in [7, 11) is 0. The van der Waals surface area contributed by atoms with Gasteiger partial charge in [-0.05, 0) is 25.0 Å². The number of hydrogen-bond acceptors (Lipinski definition) is 1. The lowest BCUT2D eigenvalue weighted by Crippen LogP contribution is -1.90. The quantitative estimate of drug-likeness (QED) is 0.242. The van der Waals surface area contributed by atoms with Crippen LogP contribution < -0.4 is 4.74 Å². The Morgan fingerprint density at radius 3 is 1.52 bits per heavy atom. The largest absolute Gasteiger partial charge is 0.487 e. The average molecular weight is 346 g/mol. The summed E-state index contributed by atoms with van der Waals surface area (Å²) in [6.07, 6.45) is 22.3. The van der Waals surface area contributed by atoms with E-state index >= 15 is 0 Å². The molecule has 0 atom stereocenters. The molecule has 25 heavy (non-hydrogen) atoms. The average Bonchev–Trinajstić information content (AvgIpc) is 2.65. The van der Waals surface area contributed by atoms with Gasteiger partial charge in [0, 0.05) is 0 Å². The first-order valence-electron chi connectivity index (χ1n) is 11.0. The summed E-state index contributed by atoms with van der Waals surface area (Å²) in [5.74, 6) is 0.948. The van der Waals surface area contributed by atoms with Crippen LogP contribution >= 0.6 is 0 Å². The van der Waals surface area contributed by atoms with Gasteiger partial charge in [-0.1, -0.05) is 115 Å². The maximum absolute atomic E-state index is 5.60. The highest BCUT2D eigenvalue weighted by Gasteiger charge is 1.96. The van der Waals surface area contributed by atoms with Gasteiger partial charge in [0.05, 0.1) is 0 Å². The number of rotatable bonds is 18. The van der Waals surface area contributed by atoms with Gasteiger partial charge in [-0.3, -0.25) is 0 Å². The van der Waals surface area contributed by atoms with Crippen molar-refractivity contribution in [2.24, 2.45) is 0 Å². The molecule has 1 aromatic carbocycles. The second-order valence-corrected chi connectivity index (χ2v) is 7.34. The molecular formula is C24H41O. The molecule has 0 bridgehead atoms. The number of ether oxygens (including phenoxy) is 1. The summed E-state index contributed by atoms with van der Waals surface area (Å²) in [6, 6.07) is 10.0. The van der Waals surface area contributed by atoms with E-state index < -0.39 is 0 Å². The third-order valence-electron chi connectivity index (χ3n) is 4.89. The third-order valence-corrected chi connectivity index (χ3v) is 4.89. The molecule has 0 N–H and O–H groups in total. The number of para-hydroxylation sites is 1. The van der Waals surface area contributed by atoms with Gasteiger partial charge in [-0.2, -0.15) is 0 Å². The van der Waals surface area contributed by atoms with E-state index in [0.717, 1.165) is 12.2 Å². The van der Waals surface area contributed by atoms with Crippen LogP contribution in [0, 0.1) is 6.61 Å². The Balaban J connectivity index is 1.69. The molecule has 0 aliphatic rings. The monoisotopic (exact) mass is 345 g/mol. The van der Waals surface area contributed by atoms with Crippen molar-refractivity contribution in [3.63, 3.8) is 0 Å². The van der Waals surface area contributed by atoms with Gasteiger partial charge < -0.3 is 4.74 Å². The Morgan fingerprint density at radius 1 is 0.600 bits per heavy atom. The van der Waals surface area contributed by atoms with Crippen LogP contribution in [0.3, 0.4) is 0 Å². The summed E-state index contributed by atoms with van der Waals surface area (Å²) in [4.78, 5) is 0. The first kappa shape index (κ1) is 22.1. The minimum absolute atomic E-state index is 0.948. The lowest BCUT2D eigenvalue weighted by Gasteiger charge is -2.05. The molecular weight excluding hydrogens is 304 g/mol. The van der Waals surface area contributed by atoms with Crippen LogP contribution in [0.1, 0.15) is 110 Å². The highest BCUT2D eigenvalue weighted by Crippen LogP contribution is 2.15. The molecule has 0 aliphatic carbocycles. The molecule has 0 saturated carbocycles. The fraction of sp³-hybridized carbons (Fsp3) is 0.708. The first-order valence-corrected chi connectivity index (χ1v) is 11.0. The standard InChI is InChI=1S/C24H41O/c1-2-3-4-5-6-7-8-9-10-11-12-13-14-15-16-20-23-25-24-21-18-17-19-22-24/h17-19,21-23H,2-16,20H2,1H3. The van der Waals surface area contributed by atoms with Crippen LogP contribution in [0.4, 0.5) is 0 Å². The van der Waals surface area contributed by atoms with Crippen molar-refractivity contribution in [1.29, 1.82) is 0 Å². The molecule has 0 amide bonds. The van der Waals surface area contributed by atoms with E-state index in [1.165, 1.54) is 96.3 Å². The van der Waals surface area contributed by atoms with Crippen molar-refractivity contribution in [2.45, 2.75) is 110 Å². The predicted octanol–water partition coefficient (Wildman–Crippen LogP) is 8.49. The molecule has 1 radical (unpaired) electrons. The number of unbranched alkanes of at least 4 members (excludes halogenated alkanes) is 15. The summed E-state index contributed by atoms with van der Waals surface area (Å²) < 4.78 is 5.60. The Hall–Kier alpha value is -0.980. The van der Waals surface area contributed by atoms with E-state index in [1.54, 1.807) is 0 Å². The van der Waals surface area contributed by atoms with Gasteiger partial charge in [-0.15, -0.1) is 0 Å². The summed E-state index contributed by atoms with van der Waals surface area (Å²) >= 11 is 0. The smallest absolute Gasteiger partial charge is 0.135 e. The Labute approximate surface area is 157 Å². The maximum atomic E-state index is 5.60.